The predicted octanol–water partition coefficient (Wildman–Crippen LogP) is 2.65. The van der Waals surface area contributed by atoms with Gasteiger partial charge in [0, 0.05) is 30.1 Å². The molecule has 21 heavy (non-hydrogen) atoms. The Hall–Kier alpha value is -0.900. The summed E-state index contributed by atoms with van der Waals surface area (Å²) >= 11 is 0. The maximum atomic E-state index is 9.37. The lowest BCUT2D eigenvalue weighted by Gasteiger charge is -2.38. The monoisotopic (exact) mass is 292 g/mol. The van der Waals surface area contributed by atoms with Gasteiger partial charge in [-0.1, -0.05) is 37.3 Å². The third kappa shape index (κ3) is 5.77. The lowest BCUT2D eigenvalue weighted by Crippen LogP contribution is -2.51. The second kappa shape index (κ2) is 7.39. The zero-order chi connectivity index (χ0) is 16.1. The van der Waals surface area contributed by atoms with Crippen molar-refractivity contribution in [1.29, 1.82) is 0 Å². The van der Waals surface area contributed by atoms with Crippen molar-refractivity contribution < 1.29 is 5.11 Å². The van der Waals surface area contributed by atoms with Gasteiger partial charge in [-0.3, -0.25) is 0 Å². The van der Waals surface area contributed by atoms with Crippen LogP contribution >= 0.6 is 0 Å². The average Bonchev–Trinajstić information content (AvgIpc) is 2.44. The van der Waals surface area contributed by atoms with Crippen molar-refractivity contribution in [2.24, 2.45) is 0 Å². The zero-order valence-electron chi connectivity index (χ0n) is 14.5. The lowest BCUT2D eigenvalue weighted by atomic mass is 9.81. The van der Waals surface area contributed by atoms with E-state index in [4.69, 9.17) is 0 Å². The Labute approximate surface area is 130 Å². The van der Waals surface area contributed by atoms with Crippen molar-refractivity contribution in [2.75, 3.05) is 26.7 Å². The van der Waals surface area contributed by atoms with Gasteiger partial charge in [0.1, 0.15) is 0 Å². The number of nitrogens with one attached hydrogen (secondary N) is 1. The van der Waals surface area contributed by atoms with Crippen LogP contribution in [0.4, 0.5) is 0 Å². The summed E-state index contributed by atoms with van der Waals surface area (Å²) in [5, 5.41) is 13.0. The Morgan fingerprint density at radius 2 is 1.71 bits per heavy atom. The molecule has 1 aromatic carbocycles. The molecule has 0 aliphatic heterocycles. The molecule has 0 aliphatic carbocycles. The second-order valence-corrected chi connectivity index (χ2v) is 7.48. The molecule has 0 spiro atoms. The summed E-state index contributed by atoms with van der Waals surface area (Å²) in [6.07, 6.45) is 0. The van der Waals surface area contributed by atoms with Crippen molar-refractivity contribution >= 4 is 0 Å². The second-order valence-electron chi connectivity index (χ2n) is 7.48. The molecule has 0 fully saturated rings. The van der Waals surface area contributed by atoms with E-state index in [-0.39, 0.29) is 23.6 Å². The number of nitrogens with zero attached hydrogens (tertiary/aromatic N) is 1. The number of aliphatic hydroxyl groups excluding tert-OH is 1. The minimum Gasteiger partial charge on any atom is -0.395 e. The fraction of sp³-hybridized carbons (Fsp3) is 0.667. The summed E-state index contributed by atoms with van der Waals surface area (Å²) in [5.74, 6) is 0. The number of likely N-dealkylation sites (N-methyl/N-ethyl adjacent to an activating group) is 1. The molecule has 3 heteroatoms. The van der Waals surface area contributed by atoms with Gasteiger partial charge in [-0.25, -0.2) is 0 Å². The highest BCUT2D eigenvalue weighted by molar-refractivity contribution is 5.26. The number of rotatable bonds is 7. The van der Waals surface area contributed by atoms with Gasteiger partial charge in [-0.15, -0.1) is 0 Å². The van der Waals surface area contributed by atoms with Crippen LogP contribution in [0.1, 0.15) is 40.2 Å². The Balaban J connectivity index is 2.94. The van der Waals surface area contributed by atoms with Crippen LogP contribution in [0.5, 0.6) is 0 Å². The van der Waals surface area contributed by atoms with E-state index >= 15 is 0 Å². The Bertz CT molecular complexity index is 413. The van der Waals surface area contributed by atoms with Crippen molar-refractivity contribution in [2.45, 2.75) is 51.6 Å². The van der Waals surface area contributed by atoms with E-state index in [0.717, 1.165) is 13.1 Å². The summed E-state index contributed by atoms with van der Waals surface area (Å²) in [4.78, 5) is 2.23. The van der Waals surface area contributed by atoms with Crippen LogP contribution in [-0.2, 0) is 5.41 Å². The van der Waals surface area contributed by atoms with Gasteiger partial charge in [0.2, 0.25) is 0 Å². The maximum Gasteiger partial charge on any atom is 0.0584 e. The topological polar surface area (TPSA) is 35.5 Å². The Morgan fingerprint density at radius 1 is 1.14 bits per heavy atom. The quantitative estimate of drug-likeness (QED) is 0.811. The van der Waals surface area contributed by atoms with Gasteiger partial charge in [-0.05, 0) is 40.3 Å². The van der Waals surface area contributed by atoms with Crippen LogP contribution in [0, 0.1) is 0 Å². The Kier molecular flexibility index (Phi) is 6.39. The van der Waals surface area contributed by atoms with Gasteiger partial charge in [0.15, 0.2) is 0 Å². The molecular weight excluding hydrogens is 260 g/mol. The first-order chi connectivity index (χ1) is 9.68. The molecule has 2 unspecified atom stereocenters. The largest absolute Gasteiger partial charge is 0.395 e. The normalized spacial score (nSPS) is 16.8. The van der Waals surface area contributed by atoms with E-state index in [9.17, 15) is 5.11 Å². The molecule has 0 aromatic heterocycles. The minimum absolute atomic E-state index is 0.00667. The number of benzene rings is 1. The van der Waals surface area contributed by atoms with Crippen LogP contribution in [0.3, 0.4) is 0 Å². The highest BCUT2D eigenvalue weighted by Gasteiger charge is 2.30. The molecule has 0 radical (unpaired) electrons. The standard InChI is InChI=1S/C18H32N2O/c1-15(12-21)20(6)14-18(5,13-19-17(2,3)4)16-10-8-7-9-11-16/h7-11,15,19,21H,12-14H2,1-6H3. The third-order valence-electron chi connectivity index (χ3n) is 4.09. The highest BCUT2D eigenvalue weighted by Crippen LogP contribution is 2.25. The highest BCUT2D eigenvalue weighted by atomic mass is 16.3. The van der Waals surface area contributed by atoms with Gasteiger partial charge in [0.05, 0.1) is 6.61 Å². The van der Waals surface area contributed by atoms with Crippen molar-refractivity contribution in [1.82, 2.24) is 10.2 Å². The molecular formula is C18H32N2O. The van der Waals surface area contributed by atoms with E-state index in [2.05, 4.69) is 82.2 Å². The first-order valence-corrected chi connectivity index (χ1v) is 7.79. The molecule has 0 amide bonds. The SMILES string of the molecule is CC(CO)N(C)CC(C)(CNC(C)(C)C)c1ccccc1. The maximum absolute atomic E-state index is 9.37. The summed E-state index contributed by atoms with van der Waals surface area (Å²) in [7, 11) is 2.08. The molecule has 0 aliphatic rings. The van der Waals surface area contributed by atoms with E-state index < -0.39 is 0 Å². The van der Waals surface area contributed by atoms with Crippen LogP contribution < -0.4 is 5.32 Å². The molecule has 2 atom stereocenters. The van der Waals surface area contributed by atoms with Crippen LogP contribution in [-0.4, -0.2) is 48.3 Å². The smallest absolute Gasteiger partial charge is 0.0584 e. The molecule has 120 valence electrons. The fourth-order valence-corrected chi connectivity index (χ4v) is 2.40. The van der Waals surface area contributed by atoms with Crippen molar-refractivity contribution in [3.63, 3.8) is 0 Å². The van der Waals surface area contributed by atoms with Gasteiger partial charge >= 0.3 is 0 Å². The summed E-state index contributed by atoms with van der Waals surface area (Å²) < 4.78 is 0. The average molecular weight is 292 g/mol. The third-order valence-corrected chi connectivity index (χ3v) is 4.09. The van der Waals surface area contributed by atoms with Crippen molar-refractivity contribution in [3.8, 4) is 0 Å². The molecule has 0 saturated carbocycles. The van der Waals surface area contributed by atoms with E-state index in [0.29, 0.717) is 0 Å². The zero-order valence-corrected chi connectivity index (χ0v) is 14.5. The molecule has 2 N–H and O–H groups in total. The fourth-order valence-electron chi connectivity index (χ4n) is 2.40. The van der Waals surface area contributed by atoms with Crippen LogP contribution in [0.25, 0.3) is 0 Å². The molecule has 1 aromatic rings. The summed E-state index contributed by atoms with van der Waals surface area (Å²) in [6.45, 7) is 12.9. The van der Waals surface area contributed by atoms with Gasteiger partial charge in [0.25, 0.3) is 0 Å². The predicted molar refractivity (Wildman–Crippen MR) is 90.7 cm³/mol. The first-order valence-electron chi connectivity index (χ1n) is 7.79. The first kappa shape index (κ1) is 18.1. The van der Waals surface area contributed by atoms with E-state index in [1.807, 2.05) is 0 Å². The molecule has 3 nitrogen and oxygen atoms in total. The van der Waals surface area contributed by atoms with E-state index in [1.54, 1.807) is 0 Å². The van der Waals surface area contributed by atoms with Gasteiger partial charge < -0.3 is 15.3 Å². The molecule has 0 bridgehead atoms. The summed E-state index contributed by atoms with van der Waals surface area (Å²) in [5.41, 5.74) is 1.43. The van der Waals surface area contributed by atoms with Gasteiger partial charge in [-0.2, -0.15) is 0 Å². The van der Waals surface area contributed by atoms with Crippen molar-refractivity contribution in [3.05, 3.63) is 35.9 Å². The summed E-state index contributed by atoms with van der Waals surface area (Å²) in [6, 6.07) is 10.8. The van der Waals surface area contributed by atoms with Crippen LogP contribution in [0.15, 0.2) is 30.3 Å². The number of hydrogen-bond acceptors (Lipinski definition) is 3. The minimum atomic E-state index is 0.00667. The lowest BCUT2D eigenvalue weighted by molar-refractivity contribution is 0.132. The molecule has 0 saturated heterocycles. The van der Waals surface area contributed by atoms with Crippen LogP contribution in [0.2, 0.25) is 0 Å². The Morgan fingerprint density at radius 3 is 2.19 bits per heavy atom. The molecule has 1 rings (SSSR count). The number of aliphatic hydroxyl groups is 1. The number of hydrogen-bond donors (Lipinski definition) is 2. The molecule has 0 heterocycles. The van der Waals surface area contributed by atoms with E-state index in [1.165, 1.54) is 5.56 Å².